The van der Waals surface area contributed by atoms with Gasteiger partial charge in [-0.05, 0) is 26.7 Å². The molecule has 3 aliphatic heterocycles. The van der Waals surface area contributed by atoms with Crippen LogP contribution in [0.3, 0.4) is 0 Å². The van der Waals surface area contributed by atoms with Crippen molar-refractivity contribution in [2.24, 2.45) is 11.8 Å². The normalized spacial score (nSPS) is 35.9. The van der Waals surface area contributed by atoms with Gasteiger partial charge in [0.15, 0.2) is 6.29 Å². The van der Waals surface area contributed by atoms with Crippen molar-refractivity contribution in [3.63, 3.8) is 0 Å². The van der Waals surface area contributed by atoms with Crippen molar-refractivity contribution >= 4 is 11.9 Å². The Morgan fingerprint density at radius 2 is 1.87 bits per heavy atom. The summed E-state index contributed by atoms with van der Waals surface area (Å²) in [6.45, 7) is 6.58. The molecule has 2 fully saturated rings. The number of hydrogen-bond acceptors (Lipinski definition) is 12. The molecule has 0 amide bonds. The molecule has 3 rings (SSSR count). The van der Waals surface area contributed by atoms with Crippen molar-refractivity contribution in [1.82, 2.24) is 0 Å². The average Bonchev–Trinajstić information content (AvgIpc) is 2.88. The van der Waals surface area contributed by atoms with Gasteiger partial charge in [0.25, 0.3) is 0 Å². The van der Waals surface area contributed by atoms with Crippen molar-refractivity contribution in [2.75, 3.05) is 13.2 Å². The van der Waals surface area contributed by atoms with E-state index in [0.29, 0.717) is 18.4 Å². The Hall–Kier alpha value is -2.58. The average molecular weight is 541 g/mol. The number of rotatable bonds is 10. The first-order valence-electron chi connectivity index (χ1n) is 12.4. The molecular formula is C26H36O12. The van der Waals surface area contributed by atoms with Gasteiger partial charge >= 0.3 is 11.9 Å². The van der Waals surface area contributed by atoms with E-state index >= 15 is 0 Å². The third kappa shape index (κ3) is 6.89. The predicted molar refractivity (Wildman–Crippen MR) is 129 cm³/mol. The summed E-state index contributed by atoms with van der Waals surface area (Å²) >= 11 is 0. The first-order chi connectivity index (χ1) is 18.1. The molecule has 12 nitrogen and oxygen atoms in total. The van der Waals surface area contributed by atoms with Gasteiger partial charge in [-0.3, -0.25) is 0 Å². The van der Waals surface area contributed by atoms with E-state index in [9.17, 15) is 30.0 Å². The van der Waals surface area contributed by atoms with Crippen LogP contribution in [-0.2, 0) is 33.3 Å². The summed E-state index contributed by atoms with van der Waals surface area (Å²) in [6, 6.07) is 0. The maximum absolute atomic E-state index is 12.6. The van der Waals surface area contributed by atoms with Gasteiger partial charge in [0.2, 0.25) is 12.6 Å². The Bertz CT molecular complexity index is 954. The van der Waals surface area contributed by atoms with Crippen LogP contribution in [-0.4, -0.2) is 94.0 Å². The fourth-order valence-electron chi connectivity index (χ4n) is 4.49. The summed E-state index contributed by atoms with van der Waals surface area (Å²) < 4.78 is 27.4. The second kappa shape index (κ2) is 13.5. The molecule has 0 aromatic carbocycles. The van der Waals surface area contributed by atoms with E-state index in [0.717, 1.165) is 11.8 Å². The van der Waals surface area contributed by atoms with Crippen LogP contribution in [0.25, 0.3) is 0 Å². The highest BCUT2D eigenvalue weighted by Crippen LogP contribution is 2.40. The standard InChI is InChI=1S/C26H36O12/c1-4-15-16-10-19(36-23(32)14(3)7-5-6-13(2)8-9-27)37-24(33)17(16)12-34-25(15)38-26-22(31)21(30)20(29)18(11-28)35-26/h4,7-8,12,15-16,18-22,25-31H,1,5-6,9-11H2,2-3H3/b13-8-,14-7+/t15-,16-,18-,19+,20-,21+,22-,25+,26+/m1/s1. The summed E-state index contributed by atoms with van der Waals surface area (Å²) in [5.74, 6) is -2.63. The van der Waals surface area contributed by atoms with Gasteiger partial charge < -0.3 is 49.2 Å². The zero-order valence-corrected chi connectivity index (χ0v) is 21.3. The highest BCUT2D eigenvalue weighted by Gasteiger charge is 2.49. The molecule has 0 aromatic heterocycles. The minimum absolute atomic E-state index is 0.0492. The number of aliphatic hydroxyl groups excluding tert-OH is 5. The number of ether oxygens (including phenoxy) is 5. The first-order valence-corrected chi connectivity index (χ1v) is 12.4. The maximum Gasteiger partial charge on any atom is 0.340 e. The van der Waals surface area contributed by atoms with Gasteiger partial charge in [-0.15, -0.1) is 6.58 Å². The van der Waals surface area contributed by atoms with Crippen LogP contribution >= 0.6 is 0 Å². The molecule has 0 bridgehead atoms. The zero-order chi connectivity index (χ0) is 28.0. The minimum atomic E-state index is -1.64. The molecule has 212 valence electrons. The number of allylic oxidation sites excluding steroid dienone is 2. The highest BCUT2D eigenvalue weighted by molar-refractivity contribution is 5.91. The van der Waals surface area contributed by atoms with E-state index in [1.54, 1.807) is 19.1 Å². The Balaban J connectivity index is 1.66. The summed E-state index contributed by atoms with van der Waals surface area (Å²) in [4.78, 5) is 25.2. The van der Waals surface area contributed by atoms with Gasteiger partial charge in [0, 0.05) is 23.8 Å². The number of hydrogen-bond donors (Lipinski definition) is 5. The largest absolute Gasteiger partial charge is 0.471 e. The number of cyclic esters (lactones) is 1. The van der Waals surface area contributed by atoms with E-state index in [1.807, 2.05) is 6.92 Å². The molecule has 3 heterocycles. The Kier molecular flexibility index (Phi) is 10.6. The second-order valence-corrected chi connectivity index (χ2v) is 9.47. The van der Waals surface area contributed by atoms with Crippen molar-refractivity contribution in [1.29, 1.82) is 0 Å². The van der Waals surface area contributed by atoms with Crippen LogP contribution in [0.5, 0.6) is 0 Å². The van der Waals surface area contributed by atoms with Crippen LogP contribution in [0.15, 0.2) is 47.8 Å². The molecule has 0 unspecified atom stereocenters. The first kappa shape index (κ1) is 30.0. The van der Waals surface area contributed by atoms with Crippen molar-refractivity contribution in [3.05, 3.63) is 47.8 Å². The van der Waals surface area contributed by atoms with Crippen LogP contribution in [0.1, 0.15) is 33.1 Å². The lowest BCUT2D eigenvalue weighted by molar-refractivity contribution is -0.340. The summed E-state index contributed by atoms with van der Waals surface area (Å²) in [6.07, 6.45) is -2.41. The van der Waals surface area contributed by atoms with E-state index in [-0.39, 0.29) is 18.6 Å². The van der Waals surface area contributed by atoms with E-state index in [2.05, 4.69) is 6.58 Å². The molecule has 3 aliphatic rings. The SMILES string of the molecule is C=C[C@H]1[C@H](O[C@@H]2O[C@H](CO)[C@@H](O)[C@H](O)[C@H]2O)OC=C2C(=O)O[C@H](OC(=O)/C(C)=C/CC/C(C)=C\CO)C[C@@H]21. The molecule has 0 aromatic rings. The van der Waals surface area contributed by atoms with Crippen LogP contribution in [0, 0.1) is 11.8 Å². The summed E-state index contributed by atoms with van der Waals surface area (Å²) in [5.41, 5.74) is 1.52. The topological polar surface area (TPSA) is 181 Å². The van der Waals surface area contributed by atoms with E-state index in [1.165, 1.54) is 6.08 Å². The minimum Gasteiger partial charge on any atom is -0.471 e. The van der Waals surface area contributed by atoms with Crippen molar-refractivity contribution in [2.45, 2.75) is 76.4 Å². The fourth-order valence-corrected chi connectivity index (χ4v) is 4.49. The zero-order valence-electron chi connectivity index (χ0n) is 21.3. The van der Waals surface area contributed by atoms with Gasteiger partial charge in [0.05, 0.1) is 25.0 Å². The second-order valence-electron chi connectivity index (χ2n) is 9.47. The van der Waals surface area contributed by atoms with Gasteiger partial charge in [-0.1, -0.05) is 23.8 Å². The lowest BCUT2D eigenvalue weighted by atomic mass is 9.80. The molecule has 0 spiro atoms. The molecule has 9 atom stereocenters. The Morgan fingerprint density at radius 3 is 2.53 bits per heavy atom. The van der Waals surface area contributed by atoms with E-state index < -0.39 is 73.7 Å². The molecule has 0 radical (unpaired) electrons. The lowest BCUT2D eigenvalue weighted by Gasteiger charge is -2.44. The smallest absolute Gasteiger partial charge is 0.340 e. The summed E-state index contributed by atoms with van der Waals surface area (Å²) in [7, 11) is 0. The van der Waals surface area contributed by atoms with Gasteiger partial charge in [0.1, 0.15) is 24.4 Å². The van der Waals surface area contributed by atoms with Crippen molar-refractivity contribution in [3.8, 4) is 0 Å². The molecule has 2 saturated heterocycles. The molecular weight excluding hydrogens is 504 g/mol. The third-order valence-electron chi connectivity index (χ3n) is 6.81. The number of esters is 2. The maximum atomic E-state index is 12.6. The number of fused-ring (bicyclic) bond motifs is 1. The third-order valence-corrected chi connectivity index (χ3v) is 6.81. The fraction of sp³-hybridized carbons (Fsp3) is 0.615. The summed E-state index contributed by atoms with van der Waals surface area (Å²) in [5, 5.41) is 48.7. The van der Waals surface area contributed by atoms with Crippen LogP contribution in [0.4, 0.5) is 0 Å². The lowest BCUT2D eigenvalue weighted by Crippen LogP contribution is -2.60. The van der Waals surface area contributed by atoms with Gasteiger partial charge in [-0.25, -0.2) is 9.59 Å². The Morgan fingerprint density at radius 1 is 1.13 bits per heavy atom. The molecule has 12 heteroatoms. The number of carbonyl (C=O) groups is 2. The number of carbonyl (C=O) groups excluding carboxylic acids is 2. The Labute approximate surface area is 220 Å². The van der Waals surface area contributed by atoms with E-state index in [4.69, 9.17) is 28.8 Å². The predicted octanol–water partition coefficient (Wildman–Crippen LogP) is -0.0572. The quantitative estimate of drug-likeness (QED) is 0.142. The highest BCUT2D eigenvalue weighted by atomic mass is 16.8. The van der Waals surface area contributed by atoms with Crippen LogP contribution < -0.4 is 0 Å². The molecule has 0 aliphatic carbocycles. The molecule has 5 N–H and O–H groups in total. The monoisotopic (exact) mass is 540 g/mol. The molecule has 38 heavy (non-hydrogen) atoms. The molecule has 0 saturated carbocycles. The van der Waals surface area contributed by atoms with Gasteiger partial charge in [-0.2, -0.15) is 0 Å². The van der Waals surface area contributed by atoms with Crippen molar-refractivity contribution < 1.29 is 58.8 Å². The van der Waals surface area contributed by atoms with Crippen LogP contribution in [0.2, 0.25) is 0 Å². The number of aliphatic hydroxyl groups is 5.